The number of fused-ring (bicyclic) bond motifs is 1. The van der Waals surface area contributed by atoms with E-state index in [0.29, 0.717) is 17.4 Å². The summed E-state index contributed by atoms with van der Waals surface area (Å²) in [6, 6.07) is 8.41. The van der Waals surface area contributed by atoms with Gasteiger partial charge < -0.3 is 9.84 Å². The molecule has 0 aromatic heterocycles. The first kappa shape index (κ1) is 11.7. The summed E-state index contributed by atoms with van der Waals surface area (Å²) in [5.74, 6) is -0.423. The van der Waals surface area contributed by atoms with Crippen molar-refractivity contribution < 1.29 is 14.6 Å². The lowest BCUT2D eigenvalue weighted by molar-refractivity contribution is 0.0696. The van der Waals surface area contributed by atoms with Crippen molar-refractivity contribution in [3.05, 3.63) is 40.9 Å². The third kappa shape index (κ3) is 2.34. The molecular formula is C13H11ClO3. The Morgan fingerprint density at radius 2 is 2.12 bits per heavy atom. The predicted octanol–water partition coefficient (Wildman–Crippen LogP) is 3.59. The van der Waals surface area contributed by atoms with Crippen LogP contribution in [0.25, 0.3) is 10.8 Å². The molecule has 0 saturated carbocycles. The average Bonchev–Trinajstić information content (AvgIpc) is 2.29. The standard InChI is InChI=1S/C13H11ClO3/c1-2-17-12-6-9(13(15)16)5-8-3-4-10(14)7-11(8)12/h3-7H,2H2,1H3,(H,15,16). The molecule has 0 aliphatic heterocycles. The van der Waals surface area contributed by atoms with Crippen molar-refractivity contribution in [2.45, 2.75) is 6.92 Å². The second kappa shape index (κ2) is 4.63. The second-order valence-electron chi connectivity index (χ2n) is 3.58. The highest BCUT2D eigenvalue weighted by Crippen LogP contribution is 2.30. The summed E-state index contributed by atoms with van der Waals surface area (Å²) in [5, 5.41) is 11.2. The van der Waals surface area contributed by atoms with Crippen molar-refractivity contribution in [1.82, 2.24) is 0 Å². The maximum absolute atomic E-state index is 11.0. The SMILES string of the molecule is CCOc1cc(C(=O)O)cc2ccc(Cl)cc12. The second-order valence-corrected chi connectivity index (χ2v) is 4.01. The van der Waals surface area contributed by atoms with E-state index in [-0.39, 0.29) is 5.56 Å². The van der Waals surface area contributed by atoms with E-state index in [1.807, 2.05) is 6.92 Å². The van der Waals surface area contributed by atoms with E-state index in [1.54, 1.807) is 24.3 Å². The van der Waals surface area contributed by atoms with Crippen LogP contribution in [-0.4, -0.2) is 17.7 Å². The number of hydrogen-bond acceptors (Lipinski definition) is 2. The van der Waals surface area contributed by atoms with E-state index < -0.39 is 5.97 Å². The van der Waals surface area contributed by atoms with E-state index in [2.05, 4.69) is 0 Å². The highest BCUT2D eigenvalue weighted by Gasteiger charge is 2.10. The number of halogens is 1. The molecule has 0 saturated heterocycles. The molecule has 4 heteroatoms. The van der Waals surface area contributed by atoms with Gasteiger partial charge in [-0.25, -0.2) is 4.79 Å². The van der Waals surface area contributed by atoms with Gasteiger partial charge in [-0.2, -0.15) is 0 Å². The largest absolute Gasteiger partial charge is 0.493 e. The van der Waals surface area contributed by atoms with Crippen molar-refractivity contribution >= 4 is 28.3 Å². The van der Waals surface area contributed by atoms with Crippen LogP contribution in [0.5, 0.6) is 5.75 Å². The monoisotopic (exact) mass is 250 g/mol. The quantitative estimate of drug-likeness (QED) is 0.906. The predicted molar refractivity (Wildman–Crippen MR) is 67.1 cm³/mol. The maximum Gasteiger partial charge on any atom is 0.335 e. The van der Waals surface area contributed by atoms with Crippen LogP contribution in [0.15, 0.2) is 30.3 Å². The summed E-state index contributed by atoms with van der Waals surface area (Å²) in [6.07, 6.45) is 0. The Kier molecular flexibility index (Phi) is 3.20. The van der Waals surface area contributed by atoms with E-state index >= 15 is 0 Å². The highest BCUT2D eigenvalue weighted by molar-refractivity contribution is 6.31. The third-order valence-corrected chi connectivity index (χ3v) is 2.66. The lowest BCUT2D eigenvalue weighted by Crippen LogP contribution is -1.99. The molecule has 0 bridgehead atoms. The van der Waals surface area contributed by atoms with Crippen molar-refractivity contribution in [3.63, 3.8) is 0 Å². The van der Waals surface area contributed by atoms with Crippen molar-refractivity contribution in [2.24, 2.45) is 0 Å². The van der Waals surface area contributed by atoms with Crippen molar-refractivity contribution in [1.29, 1.82) is 0 Å². The normalized spacial score (nSPS) is 10.5. The highest BCUT2D eigenvalue weighted by atomic mass is 35.5. The van der Waals surface area contributed by atoms with Crippen LogP contribution >= 0.6 is 11.6 Å². The molecule has 0 aliphatic carbocycles. The Labute approximate surface area is 104 Å². The molecule has 17 heavy (non-hydrogen) atoms. The third-order valence-electron chi connectivity index (χ3n) is 2.43. The van der Waals surface area contributed by atoms with Gasteiger partial charge in [-0.15, -0.1) is 0 Å². The molecule has 0 atom stereocenters. The molecular weight excluding hydrogens is 240 g/mol. The van der Waals surface area contributed by atoms with Gasteiger partial charge >= 0.3 is 5.97 Å². The fraction of sp³-hybridized carbons (Fsp3) is 0.154. The summed E-state index contributed by atoms with van der Waals surface area (Å²) >= 11 is 5.92. The first-order chi connectivity index (χ1) is 8.11. The Morgan fingerprint density at radius 1 is 1.35 bits per heavy atom. The molecule has 88 valence electrons. The zero-order valence-electron chi connectivity index (χ0n) is 9.24. The van der Waals surface area contributed by atoms with Gasteiger partial charge in [-0.1, -0.05) is 17.7 Å². The summed E-state index contributed by atoms with van der Waals surface area (Å²) in [6.45, 7) is 2.33. The van der Waals surface area contributed by atoms with Crippen LogP contribution in [0.4, 0.5) is 0 Å². The fourth-order valence-corrected chi connectivity index (χ4v) is 1.87. The van der Waals surface area contributed by atoms with Crippen molar-refractivity contribution in [2.75, 3.05) is 6.61 Å². The van der Waals surface area contributed by atoms with Gasteiger partial charge in [0.05, 0.1) is 12.2 Å². The molecule has 0 heterocycles. The number of ether oxygens (including phenoxy) is 1. The number of rotatable bonds is 3. The molecule has 0 spiro atoms. The van der Waals surface area contributed by atoms with Gasteiger partial charge in [0.2, 0.25) is 0 Å². The minimum atomic E-state index is -0.970. The van der Waals surface area contributed by atoms with Gasteiger partial charge in [0, 0.05) is 10.4 Å². The Morgan fingerprint density at radius 3 is 2.76 bits per heavy atom. The number of carbonyl (C=O) groups is 1. The van der Waals surface area contributed by atoms with Crippen LogP contribution in [0.3, 0.4) is 0 Å². The molecule has 0 unspecified atom stereocenters. The zero-order chi connectivity index (χ0) is 12.4. The van der Waals surface area contributed by atoms with Crippen LogP contribution in [0.1, 0.15) is 17.3 Å². The minimum absolute atomic E-state index is 0.211. The van der Waals surface area contributed by atoms with Gasteiger partial charge in [-0.3, -0.25) is 0 Å². The average molecular weight is 251 g/mol. The molecule has 2 aromatic carbocycles. The lowest BCUT2D eigenvalue weighted by Gasteiger charge is -2.09. The minimum Gasteiger partial charge on any atom is -0.493 e. The van der Waals surface area contributed by atoms with Crippen LogP contribution in [0.2, 0.25) is 5.02 Å². The van der Waals surface area contributed by atoms with Crippen LogP contribution in [-0.2, 0) is 0 Å². The van der Waals surface area contributed by atoms with E-state index in [1.165, 1.54) is 6.07 Å². The number of hydrogen-bond donors (Lipinski definition) is 1. The number of carboxylic acids is 1. The van der Waals surface area contributed by atoms with E-state index in [0.717, 1.165) is 10.8 Å². The summed E-state index contributed by atoms with van der Waals surface area (Å²) in [5.41, 5.74) is 0.211. The molecule has 0 amide bonds. The molecule has 3 nitrogen and oxygen atoms in total. The van der Waals surface area contributed by atoms with Crippen LogP contribution < -0.4 is 4.74 Å². The first-order valence-corrected chi connectivity index (χ1v) is 5.59. The Bertz CT molecular complexity index is 578. The first-order valence-electron chi connectivity index (χ1n) is 5.21. The number of carboxylic acid groups (broad SMARTS) is 1. The molecule has 1 N–H and O–H groups in total. The van der Waals surface area contributed by atoms with Gasteiger partial charge in [-0.05, 0) is 36.6 Å². The Balaban J connectivity index is 2.71. The molecule has 0 radical (unpaired) electrons. The number of benzene rings is 2. The van der Waals surface area contributed by atoms with Crippen LogP contribution in [0, 0.1) is 0 Å². The molecule has 2 rings (SSSR count). The molecule has 0 fully saturated rings. The zero-order valence-corrected chi connectivity index (χ0v) is 9.99. The smallest absolute Gasteiger partial charge is 0.335 e. The molecule has 2 aromatic rings. The van der Waals surface area contributed by atoms with Gasteiger partial charge in [0.25, 0.3) is 0 Å². The molecule has 0 aliphatic rings. The number of aromatic carboxylic acids is 1. The summed E-state index contributed by atoms with van der Waals surface area (Å²) < 4.78 is 5.44. The van der Waals surface area contributed by atoms with Gasteiger partial charge in [0.1, 0.15) is 5.75 Å². The Hall–Kier alpha value is -1.74. The fourth-order valence-electron chi connectivity index (χ4n) is 1.69. The summed E-state index contributed by atoms with van der Waals surface area (Å²) in [4.78, 5) is 11.0. The topological polar surface area (TPSA) is 46.5 Å². The summed E-state index contributed by atoms with van der Waals surface area (Å²) in [7, 11) is 0. The van der Waals surface area contributed by atoms with Crippen molar-refractivity contribution in [3.8, 4) is 5.75 Å². The lowest BCUT2D eigenvalue weighted by atomic mass is 10.1. The van der Waals surface area contributed by atoms with Gasteiger partial charge in [0.15, 0.2) is 0 Å². The van der Waals surface area contributed by atoms with E-state index in [9.17, 15) is 4.79 Å². The maximum atomic E-state index is 11.0. The van der Waals surface area contributed by atoms with E-state index in [4.69, 9.17) is 21.4 Å².